The number of alkyl halides is 1. The number of aromatic nitrogens is 1. The lowest BCUT2D eigenvalue weighted by Crippen LogP contribution is -2.32. The molecule has 2 aliphatic rings. The number of amides is 1. The van der Waals surface area contributed by atoms with Gasteiger partial charge in [-0.1, -0.05) is 6.92 Å². The van der Waals surface area contributed by atoms with Crippen molar-refractivity contribution in [1.29, 1.82) is 0 Å². The van der Waals surface area contributed by atoms with Gasteiger partial charge in [0.25, 0.3) is 11.5 Å². The molecule has 0 spiro atoms. The van der Waals surface area contributed by atoms with Crippen LogP contribution in [0.1, 0.15) is 29.4 Å². The summed E-state index contributed by atoms with van der Waals surface area (Å²) in [6, 6.07) is 3.03. The van der Waals surface area contributed by atoms with E-state index in [1.807, 2.05) is 6.92 Å². The van der Waals surface area contributed by atoms with E-state index in [0.29, 0.717) is 18.7 Å². The van der Waals surface area contributed by atoms with Gasteiger partial charge in [-0.3, -0.25) is 9.59 Å². The normalized spacial score (nSPS) is 25.7. The van der Waals surface area contributed by atoms with Crippen LogP contribution in [0.15, 0.2) is 16.9 Å². The predicted octanol–water partition coefficient (Wildman–Crippen LogP) is 1.22. The molecule has 1 amide bonds. The third kappa shape index (κ3) is 1.97. The summed E-state index contributed by atoms with van der Waals surface area (Å²) in [7, 11) is 0. The molecule has 0 unspecified atom stereocenters. The molecule has 2 aliphatic heterocycles. The minimum absolute atomic E-state index is 0.0535. The zero-order valence-corrected chi connectivity index (χ0v) is 10.9. The average Bonchev–Trinajstić information content (AvgIpc) is 2.98. The maximum absolute atomic E-state index is 13.5. The second-order valence-electron chi connectivity index (χ2n) is 5.49. The maximum atomic E-state index is 13.5. The number of carbonyl (C=O) groups is 1. The summed E-state index contributed by atoms with van der Waals surface area (Å²) in [6.45, 7) is 3.12. The van der Waals surface area contributed by atoms with Gasteiger partial charge >= 0.3 is 0 Å². The third-order valence-corrected chi connectivity index (χ3v) is 4.13. The number of carbonyl (C=O) groups excluding carboxylic acids is 1. The molecule has 4 nitrogen and oxygen atoms in total. The predicted molar refractivity (Wildman–Crippen MR) is 69.0 cm³/mol. The third-order valence-electron chi connectivity index (χ3n) is 4.13. The van der Waals surface area contributed by atoms with Crippen molar-refractivity contribution in [1.82, 2.24) is 9.47 Å². The fraction of sp³-hybridized carbons (Fsp3) is 0.571. The number of hydrogen-bond donors (Lipinski definition) is 0. The topological polar surface area (TPSA) is 42.3 Å². The highest BCUT2D eigenvalue weighted by molar-refractivity contribution is 5.95. The van der Waals surface area contributed by atoms with Gasteiger partial charge in [0.1, 0.15) is 6.17 Å². The Hall–Kier alpha value is -1.65. The summed E-state index contributed by atoms with van der Waals surface area (Å²) in [5, 5.41) is 0. The fourth-order valence-corrected chi connectivity index (χ4v) is 3.00. The lowest BCUT2D eigenvalue weighted by molar-refractivity contribution is 0.0779. The summed E-state index contributed by atoms with van der Waals surface area (Å²) in [4.78, 5) is 25.7. The van der Waals surface area contributed by atoms with E-state index in [2.05, 4.69) is 0 Å². The Kier molecular flexibility index (Phi) is 2.92. The SMILES string of the molecule is C[C@@H]1CN(C(=O)c2ccc(=O)n3c2CCC3)C[C@@H]1F. The standard InChI is InChI=1S/C14H17FN2O2/c1-9-7-16(8-11(9)15)14(19)10-4-5-13(18)17-6-2-3-12(10)17/h4-5,9,11H,2-3,6-8H2,1H3/t9-,11+/m1/s1. The number of fused-ring (bicyclic) bond motifs is 1. The van der Waals surface area contributed by atoms with Crippen LogP contribution in [0.3, 0.4) is 0 Å². The first kappa shape index (κ1) is 12.4. The van der Waals surface area contributed by atoms with Crippen molar-refractivity contribution in [3.63, 3.8) is 0 Å². The van der Waals surface area contributed by atoms with E-state index in [-0.39, 0.29) is 23.9 Å². The van der Waals surface area contributed by atoms with Crippen molar-refractivity contribution in [2.24, 2.45) is 5.92 Å². The Labute approximate surface area is 110 Å². The number of rotatable bonds is 1. The van der Waals surface area contributed by atoms with Crippen LogP contribution in [0.2, 0.25) is 0 Å². The van der Waals surface area contributed by atoms with Crippen LogP contribution >= 0.6 is 0 Å². The van der Waals surface area contributed by atoms with Crippen LogP contribution in [-0.4, -0.2) is 34.6 Å². The molecule has 0 aliphatic carbocycles. The number of halogens is 1. The Morgan fingerprint density at radius 3 is 2.84 bits per heavy atom. The molecule has 1 saturated heterocycles. The highest BCUT2D eigenvalue weighted by atomic mass is 19.1. The van der Waals surface area contributed by atoms with Crippen molar-refractivity contribution in [3.05, 3.63) is 33.7 Å². The molecule has 1 aromatic rings. The number of pyridine rings is 1. The van der Waals surface area contributed by atoms with Crippen molar-refractivity contribution < 1.29 is 9.18 Å². The molecule has 1 fully saturated rings. The molecule has 0 N–H and O–H groups in total. The summed E-state index contributed by atoms with van der Waals surface area (Å²) in [5.41, 5.74) is 1.33. The van der Waals surface area contributed by atoms with Gasteiger partial charge in [0.15, 0.2) is 0 Å². The van der Waals surface area contributed by atoms with Gasteiger partial charge in [0.05, 0.1) is 12.1 Å². The van der Waals surface area contributed by atoms with E-state index < -0.39 is 6.17 Å². The molecule has 1 aromatic heterocycles. The fourth-order valence-electron chi connectivity index (χ4n) is 3.00. The molecule has 2 atom stereocenters. The number of nitrogens with zero attached hydrogens (tertiary/aromatic N) is 2. The van der Waals surface area contributed by atoms with E-state index in [4.69, 9.17) is 0 Å². The highest BCUT2D eigenvalue weighted by Crippen LogP contribution is 2.24. The zero-order chi connectivity index (χ0) is 13.6. The molecule has 0 radical (unpaired) electrons. The van der Waals surface area contributed by atoms with Crippen molar-refractivity contribution in [2.45, 2.75) is 32.5 Å². The maximum Gasteiger partial charge on any atom is 0.255 e. The minimum Gasteiger partial charge on any atom is -0.335 e. The molecule has 19 heavy (non-hydrogen) atoms. The molecular formula is C14H17FN2O2. The molecule has 5 heteroatoms. The smallest absolute Gasteiger partial charge is 0.255 e. The second-order valence-corrected chi connectivity index (χ2v) is 5.49. The van der Waals surface area contributed by atoms with Crippen LogP contribution in [0.4, 0.5) is 4.39 Å². The second kappa shape index (κ2) is 4.47. The van der Waals surface area contributed by atoms with E-state index in [0.717, 1.165) is 18.5 Å². The lowest BCUT2D eigenvalue weighted by atomic mass is 10.1. The van der Waals surface area contributed by atoms with Gasteiger partial charge < -0.3 is 9.47 Å². The van der Waals surface area contributed by atoms with Crippen LogP contribution in [0.5, 0.6) is 0 Å². The van der Waals surface area contributed by atoms with Crippen molar-refractivity contribution in [3.8, 4) is 0 Å². The summed E-state index contributed by atoms with van der Waals surface area (Å²) in [5.74, 6) is -0.249. The lowest BCUT2D eigenvalue weighted by Gasteiger charge is -2.17. The van der Waals surface area contributed by atoms with Crippen LogP contribution in [-0.2, 0) is 13.0 Å². The van der Waals surface area contributed by atoms with Crippen molar-refractivity contribution >= 4 is 5.91 Å². The van der Waals surface area contributed by atoms with Crippen LogP contribution in [0.25, 0.3) is 0 Å². The van der Waals surface area contributed by atoms with Gasteiger partial charge in [0.2, 0.25) is 0 Å². The average molecular weight is 264 g/mol. The Morgan fingerprint density at radius 1 is 1.37 bits per heavy atom. The number of hydrogen-bond acceptors (Lipinski definition) is 2. The van der Waals surface area contributed by atoms with Gasteiger partial charge in [0, 0.05) is 30.8 Å². The van der Waals surface area contributed by atoms with Gasteiger partial charge in [-0.25, -0.2) is 4.39 Å². The molecular weight excluding hydrogens is 247 g/mol. The Morgan fingerprint density at radius 2 is 2.16 bits per heavy atom. The first-order valence-electron chi connectivity index (χ1n) is 6.74. The summed E-state index contributed by atoms with van der Waals surface area (Å²) < 4.78 is 15.2. The van der Waals surface area contributed by atoms with Gasteiger partial charge in [-0.2, -0.15) is 0 Å². The molecule has 3 rings (SSSR count). The van der Waals surface area contributed by atoms with E-state index >= 15 is 0 Å². The molecule has 0 aromatic carbocycles. The highest BCUT2D eigenvalue weighted by Gasteiger charge is 2.34. The number of likely N-dealkylation sites (tertiary alicyclic amines) is 1. The van der Waals surface area contributed by atoms with Crippen LogP contribution in [0, 0.1) is 5.92 Å². The van der Waals surface area contributed by atoms with Gasteiger partial charge in [-0.05, 0) is 18.9 Å². The van der Waals surface area contributed by atoms with Crippen LogP contribution < -0.4 is 5.56 Å². The zero-order valence-electron chi connectivity index (χ0n) is 10.9. The van der Waals surface area contributed by atoms with Crippen molar-refractivity contribution in [2.75, 3.05) is 13.1 Å². The Bertz CT molecular complexity index is 571. The van der Waals surface area contributed by atoms with Gasteiger partial charge in [-0.15, -0.1) is 0 Å². The van der Waals surface area contributed by atoms with E-state index in [1.165, 1.54) is 6.07 Å². The largest absolute Gasteiger partial charge is 0.335 e. The van der Waals surface area contributed by atoms with E-state index in [1.54, 1.807) is 15.5 Å². The first-order chi connectivity index (χ1) is 9.08. The Balaban J connectivity index is 1.93. The molecule has 102 valence electrons. The first-order valence-corrected chi connectivity index (χ1v) is 6.74. The molecule has 3 heterocycles. The van der Waals surface area contributed by atoms with E-state index in [9.17, 15) is 14.0 Å². The summed E-state index contributed by atoms with van der Waals surface area (Å²) in [6.07, 6.45) is 0.699. The summed E-state index contributed by atoms with van der Waals surface area (Å²) >= 11 is 0. The quantitative estimate of drug-likeness (QED) is 0.765. The molecule has 0 saturated carbocycles. The minimum atomic E-state index is -0.941. The molecule has 0 bridgehead atoms. The monoisotopic (exact) mass is 264 g/mol.